The number of esters is 1. The molecule has 2 heterocycles. The highest BCUT2D eigenvalue weighted by Gasteiger charge is 2.45. The fourth-order valence-corrected chi connectivity index (χ4v) is 3.48. The molecular weight excluding hydrogens is 306 g/mol. The number of rotatable bonds is 6. The second kappa shape index (κ2) is 8.32. The van der Waals surface area contributed by atoms with Gasteiger partial charge in [0.25, 0.3) is 12.1 Å². The molecule has 0 radical (unpaired) electrons. The summed E-state index contributed by atoms with van der Waals surface area (Å²) in [6, 6.07) is 3.04. The molecular formula is C19H28NO4+. The van der Waals surface area contributed by atoms with Crippen molar-refractivity contribution in [1.82, 2.24) is 0 Å². The van der Waals surface area contributed by atoms with E-state index in [4.69, 9.17) is 9.47 Å². The highest BCUT2D eigenvalue weighted by Crippen LogP contribution is 2.41. The van der Waals surface area contributed by atoms with Crippen LogP contribution in [0.3, 0.4) is 0 Å². The predicted octanol–water partition coefficient (Wildman–Crippen LogP) is 3.73. The SMILES string of the molecule is CCOC(=O)CC[C@]1(C)CCC[C@@H]2C#[N+][C@H]1C/C(OCC)=C\C2=O. The molecule has 0 aromatic rings. The van der Waals surface area contributed by atoms with E-state index >= 15 is 0 Å². The van der Waals surface area contributed by atoms with E-state index < -0.39 is 0 Å². The van der Waals surface area contributed by atoms with Crippen molar-refractivity contribution in [3.05, 3.63) is 16.7 Å². The summed E-state index contributed by atoms with van der Waals surface area (Å²) >= 11 is 0. The summed E-state index contributed by atoms with van der Waals surface area (Å²) in [5.41, 5.74) is -0.124. The zero-order chi connectivity index (χ0) is 17.6. The first-order valence-corrected chi connectivity index (χ1v) is 8.96. The minimum atomic E-state index is -0.266. The molecule has 0 spiro atoms. The minimum absolute atomic E-state index is 0.0272. The van der Waals surface area contributed by atoms with Crippen LogP contribution in [0.15, 0.2) is 11.8 Å². The second-order valence-electron chi connectivity index (χ2n) is 6.83. The molecule has 0 N–H and O–H groups in total. The van der Waals surface area contributed by atoms with Crippen LogP contribution in [0, 0.1) is 17.4 Å². The maximum absolute atomic E-state index is 12.3. The van der Waals surface area contributed by atoms with Gasteiger partial charge in [-0.05, 0) is 33.1 Å². The van der Waals surface area contributed by atoms with Crippen LogP contribution in [0.25, 0.3) is 4.85 Å². The van der Waals surface area contributed by atoms with E-state index in [0.29, 0.717) is 31.8 Å². The average molecular weight is 334 g/mol. The molecule has 2 aliphatic heterocycles. The van der Waals surface area contributed by atoms with Crippen LogP contribution in [0.5, 0.6) is 0 Å². The minimum Gasteiger partial charge on any atom is -0.498 e. The van der Waals surface area contributed by atoms with Crippen LogP contribution < -0.4 is 0 Å². The maximum Gasteiger partial charge on any atom is 0.305 e. The van der Waals surface area contributed by atoms with E-state index in [-0.39, 0.29) is 29.1 Å². The van der Waals surface area contributed by atoms with Gasteiger partial charge in [0.05, 0.1) is 19.6 Å². The van der Waals surface area contributed by atoms with Crippen molar-refractivity contribution in [2.24, 2.45) is 11.3 Å². The fourth-order valence-electron chi connectivity index (χ4n) is 3.48. The Balaban J connectivity index is 2.21. The molecule has 0 fully saturated rings. The summed E-state index contributed by atoms with van der Waals surface area (Å²) in [4.78, 5) is 28.7. The molecule has 24 heavy (non-hydrogen) atoms. The number of ether oxygens (including phenoxy) is 2. The van der Waals surface area contributed by atoms with Gasteiger partial charge in [0.2, 0.25) is 0 Å². The molecule has 0 saturated carbocycles. The van der Waals surface area contributed by atoms with Gasteiger partial charge in [-0.25, -0.2) is 0 Å². The van der Waals surface area contributed by atoms with E-state index in [9.17, 15) is 9.59 Å². The van der Waals surface area contributed by atoms with Gasteiger partial charge in [-0.2, -0.15) is 0 Å². The molecule has 0 aromatic carbocycles. The van der Waals surface area contributed by atoms with Crippen molar-refractivity contribution in [3.63, 3.8) is 0 Å². The zero-order valence-electron chi connectivity index (χ0n) is 15.0. The Kier molecular flexibility index (Phi) is 6.42. The summed E-state index contributed by atoms with van der Waals surface area (Å²) in [6.45, 7) is 6.85. The third-order valence-corrected chi connectivity index (χ3v) is 5.01. The lowest BCUT2D eigenvalue weighted by Gasteiger charge is -2.30. The van der Waals surface area contributed by atoms with Crippen LogP contribution in [0.1, 0.15) is 59.3 Å². The van der Waals surface area contributed by atoms with Crippen LogP contribution >= 0.6 is 0 Å². The van der Waals surface area contributed by atoms with Crippen molar-refractivity contribution in [2.45, 2.75) is 65.3 Å². The van der Waals surface area contributed by atoms with Crippen molar-refractivity contribution in [1.29, 1.82) is 0 Å². The molecule has 0 unspecified atom stereocenters. The zero-order valence-corrected chi connectivity index (χ0v) is 15.0. The Morgan fingerprint density at radius 2 is 2.21 bits per heavy atom. The van der Waals surface area contributed by atoms with Gasteiger partial charge in [0.1, 0.15) is 5.76 Å². The topological polar surface area (TPSA) is 57.0 Å². The first-order chi connectivity index (χ1) is 11.5. The molecule has 0 aliphatic carbocycles. The van der Waals surface area contributed by atoms with E-state index in [1.807, 2.05) is 13.8 Å². The highest BCUT2D eigenvalue weighted by molar-refractivity contribution is 5.94. The van der Waals surface area contributed by atoms with Crippen LogP contribution in [-0.2, 0) is 19.1 Å². The van der Waals surface area contributed by atoms with E-state index in [0.717, 1.165) is 25.7 Å². The van der Waals surface area contributed by atoms with E-state index in [1.54, 1.807) is 6.08 Å². The van der Waals surface area contributed by atoms with Crippen LogP contribution in [0.4, 0.5) is 0 Å². The summed E-state index contributed by atoms with van der Waals surface area (Å²) in [7, 11) is 0. The van der Waals surface area contributed by atoms with Gasteiger partial charge in [-0.1, -0.05) is 18.2 Å². The van der Waals surface area contributed by atoms with Gasteiger partial charge in [-0.15, -0.1) is 0 Å². The Labute approximate surface area is 144 Å². The number of hydrogen-bond donors (Lipinski definition) is 0. The summed E-state index contributed by atoms with van der Waals surface area (Å²) in [6.07, 6.45) is 5.95. The fraction of sp³-hybridized carbons (Fsp3) is 0.737. The quantitative estimate of drug-likeness (QED) is 0.695. The van der Waals surface area contributed by atoms with Gasteiger partial charge in [0, 0.05) is 17.9 Å². The van der Waals surface area contributed by atoms with Gasteiger partial charge >= 0.3 is 5.97 Å². The van der Waals surface area contributed by atoms with Crippen molar-refractivity contribution in [2.75, 3.05) is 13.2 Å². The van der Waals surface area contributed by atoms with Crippen LogP contribution in [-0.4, -0.2) is 31.0 Å². The van der Waals surface area contributed by atoms with Crippen LogP contribution in [0.2, 0.25) is 0 Å². The summed E-state index contributed by atoms with van der Waals surface area (Å²) in [5, 5.41) is 0. The molecule has 0 aromatic heterocycles. The number of carbonyl (C=O) groups excluding carboxylic acids is 2. The Morgan fingerprint density at radius 1 is 1.42 bits per heavy atom. The van der Waals surface area contributed by atoms with Crippen molar-refractivity contribution >= 4 is 11.8 Å². The first kappa shape index (κ1) is 18.5. The number of hydrogen-bond acceptors (Lipinski definition) is 4. The van der Waals surface area contributed by atoms with Crippen molar-refractivity contribution in [3.8, 4) is 6.07 Å². The second-order valence-corrected chi connectivity index (χ2v) is 6.83. The molecule has 2 aliphatic rings. The Hall–Kier alpha value is -1.83. The van der Waals surface area contributed by atoms with Crippen molar-refractivity contribution < 1.29 is 19.1 Å². The summed E-state index contributed by atoms with van der Waals surface area (Å²) < 4.78 is 10.7. The smallest absolute Gasteiger partial charge is 0.305 e. The third-order valence-electron chi connectivity index (χ3n) is 5.01. The van der Waals surface area contributed by atoms with Gasteiger partial charge < -0.3 is 9.47 Å². The van der Waals surface area contributed by atoms with E-state index in [2.05, 4.69) is 17.8 Å². The average Bonchev–Trinajstić information content (AvgIpc) is 2.52. The number of allylic oxidation sites excluding steroid dienone is 1. The first-order valence-electron chi connectivity index (χ1n) is 8.96. The van der Waals surface area contributed by atoms with E-state index in [1.165, 1.54) is 0 Å². The Bertz CT molecular complexity index is 572. The Morgan fingerprint density at radius 3 is 2.92 bits per heavy atom. The molecule has 0 amide bonds. The molecule has 5 nitrogen and oxygen atoms in total. The molecule has 2 bridgehead atoms. The standard InChI is InChI=1S/C19H28NO4/c1-4-23-15-11-16(21)14-7-6-9-19(3,17(12-15)20-13-14)10-8-18(22)24-5-2/h11,14,17H,4-10,12H2,1-3H3/q+1/b15-11+/t14-,17+,19+/m1/s1. The lowest BCUT2D eigenvalue weighted by atomic mass is 9.71. The number of fused-ring (bicyclic) bond motifs is 2. The monoisotopic (exact) mass is 334 g/mol. The number of carbonyl (C=O) groups is 2. The van der Waals surface area contributed by atoms with Gasteiger partial charge in [-0.3, -0.25) is 9.59 Å². The maximum atomic E-state index is 12.3. The molecule has 132 valence electrons. The lowest BCUT2D eigenvalue weighted by Crippen LogP contribution is -2.34. The normalized spacial score (nSPS) is 31.5. The molecule has 3 atom stereocenters. The molecule has 0 saturated heterocycles. The number of ketones is 1. The summed E-state index contributed by atoms with van der Waals surface area (Å²) in [5.74, 6) is 0.314. The lowest BCUT2D eigenvalue weighted by molar-refractivity contribution is -0.143. The third kappa shape index (κ3) is 4.59. The molecule has 5 heteroatoms. The largest absolute Gasteiger partial charge is 0.498 e. The predicted molar refractivity (Wildman–Crippen MR) is 91.7 cm³/mol. The van der Waals surface area contributed by atoms with Gasteiger partial charge in [0.15, 0.2) is 11.7 Å². The highest BCUT2D eigenvalue weighted by atomic mass is 16.5. The molecule has 2 rings (SSSR count). The number of nitrogens with zero attached hydrogens (tertiary/aromatic N) is 1.